The summed E-state index contributed by atoms with van der Waals surface area (Å²) in [7, 11) is 0. The predicted octanol–water partition coefficient (Wildman–Crippen LogP) is 5.16. The van der Waals surface area contributed by atoms with Crippen LogP contribution in [0, 0.1) is 0 Å². The van der Waals surface area contributed by atoms with Gasteiger partial charge < -0.3 is 10.1 Å². The van der Waals surface area contributed by atoms with Crippen molar-refractivity contribution in [1.29, 1.82) is 0 Å². The van der Waals surface area contributed by atoms with Gasteiger partial charge in [-0.2, -0.15) is 5.10 Å². The van der Waals surface area contributed by atoms with Crippen LogP contribution in [0.5, 0.6) is 5.75 Å². The van der Waals surface area contributed by atoms with Gasteiger partial charge in [0.2, 0.25) is 0 Å². The lowest BCUT2D eigenvalue weighted by molar-refractivity contribution is 0.102. The summed E-state index contributed by atoms with van der Waals surface area (Å²) in [5.41, 5.74) is 4.22. The highest BCUT2D eigenvalue weighted by Gasteiger charge is 2.14. The molecule has 7 nitrogen and oxygen atoms in total. The number of nitrogens with zero attached hydrogens (tertiary/aromatic N) is 4. The molecule has 5 aromatic rings. The number of ether oxygens (including phenoxy) is 1. The second-order valence-electron chi connectivity index (χ2n) is 7.49. The third-order valence-electron chi connectivity index (χ3n) is 5.21. The van der Waals surface area contributed by atoms with Crippen LogP contribution in [0.4, 0.5) is 5.82 Å². The Labute approximate surface area is 196 Å². The molecule has 0 aliphatic heterocycles. The Morgan fingerprint density at radius 2 is 1.71 bits per heavy atom. The van der Waals surface area contributed by atoms with Gasteiger partial charge in [-0.15, -0.1) is 0 Å². The Balaban J connectivity index is 1.36. The van der Waals surface area contributed by atoms with Crippen LogP contribution in [0.25, 0.3) is 16.9 Å². The highest BCUT2D eigenvalue weighted by atomic mass is 16.5. The molecule has 0 aliphatic rings. The standard InChI is InChI=1S/C27H21N5O2/c33-27(31-26-25(10-5-14-29-26)34-19-20-11-15-28-16-12-20)22-8-4-9-23(18-22)32-24(13-17-30-32)21-6-2-1-3-7-21/h1-18H,19H2,(H,29,31,33). The normalized spacial score (nSPS) is 10.6. The topological polar surface area (TPSA) is 81.9 Å². The van der Waals surface area contributed by atoms with Gasteiger partial charge >= 0.3 is 0 Å². The van der Waals surface area contributed by atoms with E-state index in [9.17, 15) is 4.79 Å². The Morgan fingerprint density at radius 1 is 0.853 bits per heavy atom. The highest BCUT2D eigenvalue weighted by molar-refractivity contribution is 6.04. The fourth-order valence-electron chi connectivity index (χ4n) is 3.54. The first-order valence-corrected chi connectivity index (χ1v) is 10.8. The number of carbonyl (C=O) groups is 1. The van der Waals surface area contributed by atoms with Crippen LogP contribution in [0.15, 0.2) is 110 Å². The molecule has 166 valence electrons. The molecule has 0 saturated heterocycles. The van der Waals surface area contributed by atoms with Crippen LogP contribution >= 0.6 is 0 Å². The van der Waals surface area contributed by atoms with Crippen LogP contribution in [0.1, 0.15) is 15.9 Å². The van der Waals surface area contributed by atoms with Crippen molar-refractivity contribution in [3.63, 3.8) is 0 Å². The van der Waals surface area contributed by atoms with Gasteiger partial charge in [0, 0.05) is 29.7 Å². The molecule has 2 aromatic carbocycles. The minimum absolute atomic E-state index is 0.289. The minimum Gasteiger partial charge on any atom is -0.485 e. The summed E-state index contributed by atoms with van der Waals surface area (Å²) in [6.45, 7) is 0.341. The summed E-state index contributed by atoms with van der Waals surface area (Å²) < 4.78 is 7.70. The van der Waals surface area contributed by atoms with Gasteiger partial charge in [-0.3, -0.25) is 9.78 Å². The van der Waals surface area contributed by atoms with Crippen LogP contribution in [0.2, 0.25) is 0 Å². The first-order chi connectivity index (χ1) is 16.8. The van der Waals surface area contributed by atoms with Crippen molar-refractivity contribution >= 4 is 11.7 Å². The fraction of sp³-hybridized carbons (Fsp3) is 0.0370. The summed E-state index contributed by atoms with van der Waals surface area (Å²) in [4.78, 5) is 21.4. The van der Waals surface area contributed by atoms with E-state index >= 15 is 0 Å². The van der Waals surface area contributed by atoms with E-state index in [-0.39, 0.29) is 5.91 Å². The van der Waals surface area contributed by atoms with Crippen molar-refractivity contribution in [2.45, 2.75) is 6.61 Å². The summed E-state index contributed by atoms with van der Waals surface area (Å²) in [6.07, 6.45) is 6.78. The number of nitrogens with one attached hydrogen (secondary N) is 1. The number of hydrogen-bond donors (Lipinski definition) is 1. The lowest BCUT2D eigenvalue weighted by Gasteiger charge is -2.12. The molecule has 0 radical (unpaired) electrons. The van der Waals surface area contributed by atoms with Crippen molar-refractivity contribution in [2.24, 2.45) is 0 Å². The van der Waals surface area contributed by atoms with E-state index in [0.717, 1.165) is 22.5 Å². The quantitative estimate of drug-likeness (QED) is 0.373. The zero-order valence-corrected chi connectivity index (χ0v) is 18.2. The maximum atomic E-state index is 13.1. The maximum Gasteiger partial charge on any atom is 0.256 e. The van der Waals surface area contributed by atoms with E-state index in [1.54, 1.807) is 49.1 Å². The average molecular weight is 447 g/mol. The van der Waals surface area contributed by atoms with E-state index in [1.807, 2.05) is 65.3 Å². The fourth-order valence-corrected chi connectivity index (χ4v) is 3.54. The average Bonchev–Trinajstić information content (AvgIpc) is 3.40. The molecule has 34 heavy (non-hydrogen) atoms. The van der Waals surface area contributed by atoms with E-state index < -0.39 is 0 Å². The number of rotatable bonds is 7. The lowest BCUT2D eigenvalue weighted by atomic mass is 10.1. The van der Waals surface area contributed by atoms with E-state index in [1.165, 1.54) is 0 Å². The van der Waals surface area contributed by atoms with Gasteiger partial charge in [0.1, 0.15) is 6.61 Å². The summed E-state index contributed by atoms with van der Waals surface area (Å²) in [6, 6.07) is 26.5. The van der Waals surface area contributed by atoms with Gasteiger partial charge in [-0.25, -0.2) is 9.67 Å². The number of benzene rings is 2. The van der Waals surface area contributed by atoms with Crippen molar-refractivity contribution in [3.05, 3.63) is 121 Å². The van der Waals surface area contributed by atoms with E-state index in [2.05, 4.69) is 20.4 Å². The van der Waals surface area contributed by atoms with Crippen LogP contribution in [0.3, 0.4) is 0 Å². The first kappa shape index (κ1) is 21.1. The highest BCUT2D eigenvalue weighted by Crippen LogP contribution is 2.25. The van der Waals surface area contributed by atoms with Crippen molar-refractivity contribution in [1.82, 2.24) is 19.7 Å². The molecular formula is C27H21N5O2. The predicted molar refractivity (Wildman–Crippen MR) is 130 cm³/mol. The zero-order chi connectivity index (χ0) is 23.2. The number of aromatic nitrogens is 4. The Hall–Kier alpha value is -4.78. The van der Waals surface area contributed by atoms with Crippen molar-refractivity contribution in [2.75, 3.05) is 5.32 Å². The van der Waals surface area contributed by atoms with Crippen molar-refractivity contribution < 1.29 is 9.53 Å². The minimum atomic E-state index is -0.289. The monoisotopic (exact) mass is 447 g/mol. The van der Waals surface area contributed by atoms with Gasteiger partial charge in [0.25, 0.3) is 5.91 Å². The van der Waals surface area contributed by atoms with Gasteiger partial charge in [-0.05, 0) is 54.1 Å². The third-order valence-corrected chi connectivity index (χ3v) is 5.21. The summed E-state index contributed by atoms with van der Waals surface area (Å²) >= 11 is 0. The first-order valence-electron chi connectivity index (χ1n) is 10.8. The molecule has 1 amide bonds. The van der Waals surface area contributed by atoms with Gasteiger partial charge in [0.05, 0.1) is 17.6 Å². The van der Waals surface area contributed by atoms with Crippen LogP contribution in [-0.4, -0.2) is 25.7 Å². The van der Waals surface area contributed by atoms with Crippen molar-refractivity contribution in [3.8, 4) is 22.7 Å². The molecule has 0 unspecified atom stereocenters. The second kappa shape index (κ2) is 9.79. The molecular weight excluding hydrogens is 426 g/mol. The molecule has 0 saturated carbocycles. The summed E-state index contributed by atoms with van der Waals surface area (Å²) in [5.74, 6) is 0.556. The maximum absolute atomic E-state index is 13.1. The molecule has 0 bridgehead atoms. The Bertz CT molecular complexity index is 1400. The number of carbonyl (C=O) groups excluding carboxylic acids is 1. The van der Waals surface area contributed by atoms with Crippen LogP contribution in [-0.2, 0) is 6.61 Å². The molecule has 0 atom stereocenters. The molecule has 0 aliphatic carbocycles. The Kier molecular flexibility index (Phi) is 6.07. The number of amides is 1. The number of pyridine rings is 2. The smallest absolute Gasteiger partial charge is 0.256 e. The molecule has 0 spiro atoms. The lowest BCUT2D eigenvalue weighted by Crippen LogP contribution is -2.14. The largest absolute Gasteiger partial charge is 0.485 e. The molecule has 5 rings (SSSR count). The third kappa shape index (κ3) is 4.68. The zero-order valence-electron chi connectivity index (χ0n) is 18.2. The number of anilines is 1. The molecule has 0 fully saturated rings. The molecule has 3 aromatic heterocycles. The number of hydrogen-bond acceptors (Lipinski definition) is 5. The summed E-state index contributed by atoms with van der Waals surface area (Å²) in [5, 5.41) is 7.33. The van der Waals surface area contributed by atoms with Crippen LogP contribution < -0.4 is 10.1 Å². The second-order valence-corrected chi connectivity index (χ2v) is 7.49. The van der Waals surface area contributed by atoms with E-state index in [0.29, 0.717) is 23.7 Å². The molecule has 7 heteroatoms. The Morgan fingerprint density at radius 3 is 2.56 bits per heavy atom. The molecule has 3 heterocycles. The molecule has 1 N–H and O–H groups in total. The van der Waals surface area contributed by atoms with Gasteiger partial charge in [-0.1, -0.05) is 36.4 Å². The van der Waals surface area contributed by atoms with Gasteiger partial charge in [0.15, 0.2) is 11.6 Å². The SMILES string of the molecule is O=C(Nc1ncccc1OCc1ccncc1)c1cccc(-n2nccc2-c2ccccc2)c1. The van der Waals surface area contributed by atoms with E-state index in [4.69, 9.17) is 4.74 Å².